The number of carboxylic acid groups (broad SMARTS) is 1. The summed E-state index contributed by atoms with van der Waals surface area (Å²) in [7, 11) is 0. The number of nitrogens with zero attached hydrogens (tertiary/aromatic N) is 1. The van der Waals surface area contributed by atoms with Crippen LogP contribution in [-0.4, -0.2) is 28.4 Å². The van der Waals surface area contributed by atoms with Crippen molar-refractivity contribution in [3.05, 3.63) is 35.9 Å². The number of alkyl halides is 3. The van der Waals surface area contributed by atoms with Gasteiger partial charge in [0, 0.05) is 6.54 Å². The molecule has 1 amide bonds. The lowest BCUT2D eigenvalue weighted by atomic mass is 9.85. The van der Waals surface area contributed by atoms with Gasteiger partial charge in [-0.25, -0.2) is 15.2 Å². The highest BCUT2D eigenvalue weighted by Gasteiger charge is 2.45. The van der Waals surface area contributed by atoms with Crippen molar-refractivity contribution in [3.63, 3.8) is 0 Å². The molecule has 7 heteroatoms. The second-order valence-corrected chi connectivity index (χ2v) is 6.97. The molecule has 1 aliphatic carbocycles. The Bertz CT molecular complexity index is 545. The fourth-order valence-electron chi connectivity index (χ4n) is 3.60. The summed E-state index contributed by atoms with van der Waals surface area (Å²) in [6, 6.07) is 6.74. The maximum absolute atomic E-state index is 13.5. The fraction of sp³-hybridized carbons (Fsp3) is 0.632. The van der Waals surface area contributed by atoms with Gasteiger partial charge in [0.2, 0.25) is 0 Å². The van der Waals surface area contributed by atoms with Crippen molar-refractivity contribution in [3.8, 4) is 0 Å². The molecule has 0 bridgehead atoms. The van der Waals surface area contributed by atoms with Crippen LogP contribution in [0.1, 0.15) is 56.9 Å². The van der Waals surface area contributed by atoms with Gasteiger partial charge < -0.3 is 5.11 Å². The van der Waals surface area contributed by atoms with Crippen molar-refractivity contribution < 1.29 is 23.1 Å². The summed E-state index contributed by atoms with van der Waals surface area (Å²) >= 11 is 0. The lowest BCUT2D eigenvalue weighted by Gasteiger charge is -2.32. The van der Waals surface area contributed by atoms with Gasteiger partial charge in [-0.05, 0) is 17.9 Å². The SMILES string of the molecule is O=C(O)N(NCc1ccccc1)C(CCCC1CCCCC1)C(F)(F)F. The summed E-state index contributed by atoms with van der Waals surface area (Å²) in [5, 5.41) is 9.62. The lowest BCUT2D eigenvalue weighted by Crippen LogP contribution is -2.54. The van der Waals surface area contributed by atoms with Crippen LogP contribution in [-0.2, 0) is 6.54 Å². The average Bonchev–Trinajstić information content (AvgIpc) is 2.61. The van der Waals surface area contributed by atoms with Crippen LogP contribution in [0.25, 0.3) is 0 Å². The van der Waals surface area contributed by atoms with Gasteiger partial charge in [-0.15, -0.1) is 0 Å². The molecule has 1 unspecified atom stereocenters. The number of nitrogens with one attached hydrogen (secondary N) is 1. The molecule has 146 valence electrons. The summed E-state index contributed by atoms with van der Waals surface area (Å²) in [5.74, 6) is 0.480. The molecule has 1 aliphatic rings. The number of halogens is 3. The highest BCUT2D eigenvalue weighted by atomic mass is 19.4. The Balaban J connectivity index is 1.95. The van der Waals surface area contributed by atoms with Gasteiger partial charge in [0.1, 0.15) is 6.04 Å². The minimum atomic E-state index is -4.60. The van der Waals surface area contributed by atoms with Gasteiger partial charge >= 0.3 is 12.3 Å². The molecule has 2 rings (SSSR count). The lowest BCUT2D eigenvalue weighted by molar-refractivity contribution is -0.187. The number of benzene rings is 1. The van der Waals surface area contributed by atoms with Crippen LogP contribution in [0.4, 0.5) is 18.0 Å². The molecule has 1 fully saturated rings. The molecule has 1 aromatic rings. The van der Waals surface area contributed by atoms with Crippen LogP contribution in [0.5, 0.6) is 0 Å². The number of hydrogen-bond acceptors (Lipinski definition) is 2. The molecule has 0 aliphatic heterocycles. The van der Waals surface area contributed by atoms with Crippen molar-refractivity contribution in [2.75, 3.05) is 0 Å². The second-order valence-electron chi connectivity index (χ2n) is 6.97. The van der Waals surface area contributed by atoms with Gasteiger partial charge in [0.15, 0.2) is 0 Å². The third-order valence-corrected chi connectivity index (χ3v) is 5.01. The maximum Gasteiger partial charge on any atom is 0.422 e. The molecule has 2 N–H and O–H groups in total. The smallest absolute Gasteiger partial charge is 0.422 e. The minimum absolute atomic E-state index is 0.0301. The van der Waals surface area contributed by atoms with Crippen molar-refractivity contribution >= 4 is 6.09 Å². The Labute approximate surface area is 152 Å². The Kier molecular flexibility index (Phi) is 7.75. The van der Waals surface area contributed by atoms with E-state index in [1.54, 1.807) is 30.3 Å². The predicted molar refractivity (Wildman–Crippen MR) is 93.4 cm³/mol. The van der Waals surface area contributed by atoms with Crippen LogP contribution < -0.4 is 5.43 Å². The normalized spacial score (nSPS) is 17.0. The first-order valence-electron chi connectivity index (χ1n) is 9.24. The molecule has 0 saturated heterocycles. The molecule has 4 nitrogen and oxygen atoms in total. The van der Waals surface area contributed by atoms with Gasteiger partial charge in [-0.3, -0.25) is 0 Å². The number of hydrogen-bond donors (Lipinski definition) is 2. The van der Waals surface area contributed by atoms with Gasteiger partial charge in [-0.1, -0.05) is 75.3 Å². The summed E-state index contributed by atoms with van der Waals surface area (Å²) in [6.45, 7) is 0.0301. The first-order chi connectivity index (χ1) is 12.4. The van der Waals surface area contributed by atoms with E-state index in [4.69, 9.17) is 0 Å². The maximum atomic E-state index is 13.5. The predicted octanol–water partition coefficient (Wildman–Crippen LogP) is 5.35. The number of hydrazine groups is 1. The molecule has 0 spiro atoms. The van der Waals surface area contributed by atoms with Crippen molar-refractivity contribution in [2.24, 2.45) is 5.92 Å². The van der Waals surface area contributed by atoms with Crippen LogP contribution in [0.2, 0.25) is 0 Å². The molecular weight excluding hydrogens is 345 g/mol. The summed E-state index contributed by atoms with van der Waals surface area (Å²) in [5.41, 5.74) is 3.17. The zero-order valence-corrected chi connectivity index (χ0v) is 14.8. The van der Waals surface area contributed by atoms with E-state index in [9.17, 15) is 23.1 Å². The summed E-state index contributed by atoms with van der Waals surface area (Å²) in [4.78, 5) is 11.4. The van der Waals surface area contributed by atoms with Crippen LogP contribution in [0, 0.1) is 5.92 Å². The van der Waals surface area contributed by atoms with E-state index in [0.29, 0.717) is 17.3 Å². The molecule has 26 heavy (non-hydrogen) atoms. The van der Waals surface area contributed by atoms with E-state index >= 15 is 0 Å². The monoisotopic (exact) mass is 372 g/mol. The molecular formula is C19H27F3N2O2. The fourth-order valence-corrected chi connectivity index (χ4v) is 3.60. The first kappa shape index (κ1) is 20.6. The van der Waals surface area contributed by atoms with Crippen molar-refractivity contribution in [2.45, 2.75) is 70.1 Å². The second kappa shape index (κ2) is 9.80. The minimum Gasteiger partial charge on any atom is -0.464 e. The van der Waals surface area contributed by atoms with Gasteiger partial charge in [0.05, 0.1) is 0 Å². The van der Waals surface area contributed by atoms with E-state index in [1.807, 2.05) is 0 Å². The van der Waals surface area contributed by atoms with Crippen LogP contribution in [0.3, 0.4) is 0 Å². The third-order valence-electron chi connectivity index (χ3n) is 5.01. The molecule has 1 saturated carbocycles. The summed E-state index contributed by atoms with van der Waals surface area (Å²) in [6.07, 6.45) is 0.337. The van der Waals surface area contributed by atoms with Crippen LogP contribution in [0.15, 0.2) is 30.3 Å². The molecule has 0 heterocycles. The Morgan fingerprint density at radius 3 is 2.42 bits per heavy atom. The van der Waals surface area contributed by atoms with E-state index in [1.165, 1.54) is 6.42 Å². The van der Waals surface area contributed by atoms with E-state index in [0.717, 1.165) is 37.7 Å². The van der Waals surface area contributed by atoms with E-state index < -0.39 is 18.3 Å². The highest BCUT2D eigenvalue weighted by Crippen LogP contribution is 2.32. The van der Waals surface area contributed by atoms with Gasteiger partial charge in [-0.2, -0.15) is 13.2 Å². The Morgan fingerprint density at radius 1 is 1.19 bits per heavy atom. The van der Waals surface area contributed by atoms with E-state index in [2.05, 4.69) is 5.43 Å². The molecule has 1 aromatic carbocycles. The van der Waals surface area contributed by atoms with Crippen molar-refractivity contribution in [1.82, 2.24) is 10.4 Å². The standard InChI is InChI=1S/C19H27F3N2O2/c20-19(21,22)17(13-7-12-15-8-3-1-4-9-15)24(18(25)26)23-14-16-10-5-2-6-11-16/h2,5-6,10-11,15,17,23H,1,3-4,7-9,12-14H2,(H,25,26). The Morgan fingerprint density at radius 2 is 1.85 bits per heavy atom. The molecule has 0 radical (unpaired) electrons. The number of rotatable bonds is 8. The van der Waals surface area contributed by atoms with Crippen LogP contribution >= 0.6 is 0 Å². The molecule has 0 aromatic heterocycles. The topological polar surface area (TPSA) is 52.6 Å². The average molecular weight is 372 g/mol. The molecule has 1 atom stereocenters. The van der Waals surface area contributed by atoms with Gasteiger partial charge in [0.25, 0.3) is 0 Å². The van der Waals surface area contributed by atoms with E-state index in [-0.39, 0.29) is 13.0 Å². The first-order valence-corrected chi connectivity index (χ1v) is 9.24. The Hall–Kier alpha value is -1.76. The zero-order valence-electron chi connectivity index (χ0n) is 14.8. The summed E-state index contributed by atoms with van der Waals surface area (Å²) < 4.78 is 40.4. The number of carbonyl (C=O) groups is 1. The quantitative estimate of drug-likeness (QED) is 0.605. The highest BCUT2D eigenvalue weighted by molar-refractivity contribution is 5.64. The largest absolute Gasteiger partial charge is 0.464 e. The third kappa shape index (κ3) is 6.52. The number of amides is 1. The zero-order chi connectivity index (χ0) is 19.0. The van der Waals surface area contributed by atoms with Crippen molar-refractivity contribution in [1.29, 1.82) is 0 Å².